The number of para-hydroxylation sites is 1. The van der Waals surface area contributed by atoms with E-state index in [0.29, 0.717) is 31.1 Å². The Bertz CT molecular complexity index is 1050. The Morgan fingerprint density at radius 3 is 2.50 bits per heavy atom. The molecular weight excluding hydrogens is 384 g/mol. The number of benzene rings is 1. The van der Waals surface area contributed by atoms with Crippen LogP contribution in [0.4, 0.5) is 5.00 Å². The van der Waals surface area contributed by atoms with Gasteiger partial charge in [0.1, 0.15) is 12.1 Å². The molecule has 0 bridgehead atoms. The number of carbonyl (C=O) groups is 2. The predicted octanol–water partition coefficient (Wildman–Crippen LogP) is 1.39. The van der Waals surface area contributed by atoms with Gasteiger partial charge in [-0.3, -0.25) is 19.7 Å². The van der Waals surface area contributed by atoms with Gasteiger partial charge in [-0.15, -0.1) is 5.10 Å². The molecule has 0 atom stereocenters. The summed E-state index contributed by atoms with van der Waals surface area (Å²) in [6.07, 6.45) is 0. The van der Waals surface area contributed by atoms with Crippen LogP contribution in [-0.4, -0.2) is 67.7 Å². The normalized spacial score (nSPS) is 14.4. The van der Waals surface area contributed by atoms with E-state index in [1.807, 2.05) is 24.3 Å². The van der Waals surface area contributed by atoms with Crippen LogP contribution < -0.4 is 0 Å². The third kappa shape index (κ3) is 3.43. The summed E-state index contributed by atoms with van der Waals surface area (Å²) in [6.45, 7) is 1.67. The van der Waals surface area contributed by atoms with Gasteiger partial charge in [0.2, 0.25) is 5.91 Å². The minimum atomic E-state index is -0.508. The van der Waals surface area contributed by atoms with E-state index in [4.69, 9.17) is 0 Å². The van der Waals surface area contributed by atoms with E-state index >= 15 is 0 Å². The molecule has 1 saturated heterocycles. The maximum atomic E-state index is 12.6. The molecular formula is C17H16N6O4S. The highest BCUT2D eigenvalue weighted by atomic mass is 32.1. The number of carbonyl (C=O) groups excluding carboxylic acids is 2. The van der Waals surface area contributed by atoms with Crippen LogP contribution in [0, 0.1) is 10.1 Å². The van der Waals surface area contributed by atoms with E-state index in [1.165, 1.54) is 12.1 Å². The quantitative estimate of drug-likeness (QED) is 0.483. The Morgan fingerprint density at radius 2 is 1.79 bits per heavy atom. The zero-order chi connectivity index (χ0) is 19.7. The molecule has 0 spiro atoms. The zero-order valence-electron chi connectivity index (χ0n) is 14.7. The largest absolute Gasteiger partial charge is 0.338 e. The molecule has 10 nitrogen and oxygen atoms in total. The van der Waals surface area contributed by atoms with Crippen molar-refractivity contribution in [2.24, 2.45) is 0 Å². The SMILES string of the molecule is O=C(Cn1nnc2ccccc21)N1CCN(C(=O)c2ccc([N+](=O)[O-])s2)CC1. The second-order valence-electron chi connectivity index (χ2n) is 6.30. The molecule has 2 amide bonds. The summed E-state index contributed by atoms with van der Waals surface area (Å²) < 4.78 is 1.57. The molecule has 28 heavy (non-hydrogen) atoms. The molecule has 1 aromatic carbocycles. The third-order valence-corrected chi connectivity index (χ3v) is 5.63. The fourth-order valence-corrected chi connectivity index (χ4v) is 3.91. The highest BCUT2D eigenvalue weighted by molar-refractivity contribution is 7.17. The maximum absolute atomic E-state index is 12.6. The fourth-order valence-electron chi connectivity index (χ4n) is 3.12. The lowest BCUT2D eigenvalue weighted by Gasteiger charge is -2.34. The van der Waals surface area contributed by atoms with Crippen molar-refractivity contribution in [2.75, 3.05) is 26.2 Å². The molecule has 4 rings (SSSR count). The second kappa shape index (κ2) is 7.35. The van der Waals surface area contributed by atoms with E-state index in [2.05, 4.69) is 10.3 Å². The van der Waals surface area contributed by atoms with E-state index in [9.17, 15) is 19.7 Å². The van der Waals surface area contributed by atoms with Crippen molar-refractivity contribution < 1.29 is 14.5 Å². The van der Waals surface area contributed by atoms with Gasteiger partial charge in [-0.25, -0.2) is 4.68 Å². The van der Waals surface area contributed by atoms with Crippen molar-refractivity contribution in [3.63, 3.8) is 0 Å². The number of thiophene rings is 1. The van der Waals surface area contributed by atoms with Crippen molar-refractivity contribution in [3.05, 3.63) is 51.4 Å². The summed E-state index contributed by atoms with van der Waals surface area (Å²) in [5.41, 5.74) is 1.53. The van der Waals surface area contributed by atoms with E-state index < -0.39 is 4.92 Å². The first kappa shape index (κ1) is 18.0. The average Bonchev–Trinajstić information content (AvgIpc) is 3.36. The standard InChI is InChI=1S/C17H16N6O4S/c24-15(11-22-13-4-2-1-3-12(13)18-19-22)20-7-9-21(10-8-20)17(25)14-5-6-16(28-14)23(26)27/h1-6H,7-11H2. The first-order chi connectivity index (χ1) is 13.5. The van der Waals surface area contributed by atoms with Crippen molar-refractivity contribution in [1.82, 2.24) is 24.8 Å². The van der Waals surface area contributed by atoms with Crippen LogP contribution >= 0.6 is 11.3 Å². The predicted molar refractivity (Wildman–Crippen MR) is 101 cm³/mol. The summed E-state index contributed by atoms with van der Waals surface area (Å²) in [7, 11) is 0. The van der Waals surface area contributed by atoms with E-state index in [-0.39, 0.29) is 23.4 Å². The van der Waals surface area contributed by atoms with Gasteiger partial charge in [0.15, 0.2) is 0 Å². The Kier molecular flexibility index (Phi) is 4.74. The Hall–Kier alpha value is -3.34. The molecule has 3 aromatic rings. The Balaban J connectivity index is 1.36. The average molecular weight is 400 g/mol. The number of nitrogens with zero attached hydrogens (tertiary/aromatic N) is 6. The first-order valence-electron chi connectivity index (χ1n) is 8.62. The topological polar surface area (TPSA) is 114 Å². The van der Waals surface area contributed by atoms with Crippen molar-refractivity contribution >= 4 is 39.2 Å². The minimum Gasteiger partial charge on any atom is -0.338 e. The lowest BCUT2D eigenvalue weighted by molar-refractivity contribution is -0.380. The zero-order valence-corrected chi connectivity index (χ0v) is 15.5. The number of amides is 2. The highest BCUT2D eigenvalue weighted by Crippen LogP contribution is 2.25. The third-order valence-electron chi connectivity index (χ3n) is 4.61. The molecule has 0 saturated carbocycles. The van der Waals surface area contributed by atoms with Crippen LogP contribution in [0.5, 0.6) is 0 Å². The maximum Gasteiger partial charge on any atom is 0.324 e. The van der Waals surface area contributed by atoms with Gasteiger partial charge in [0, 0.05) is 32.2 Å². The summed E-state index contributed by atoms with van der Waals surface area (Å²) in [5.74, 6) is -0.331. The summed E-state index contributed by atoms with van der Waals surface area (Å²) >= 11 is 0.864. The molecule has 1 fully saturated rings. The van der Waals surface area contributed by atoms with Crippen LogP contribution in [0.15, 0.2) is 36.4 Å². The molecule has 1 aliphatic rings. The monoisotopic (exact) mass is 400 g/mol. The summed E-state index contributed by atoms with van der Waals surface area (Å²) in [6, 6.07) is 10.2. The number of rotatable bonds is 4. The molecule has 144 valence electrons. The summed E-state index contributed by atoms with van der Waals surface area (Å²) in [4.78, 5) is 39.0. The van der Waals surface area contributed by atoms with E-state index in [0.717, 1.165) is 22.4 Å². The molecule has 2 aromatic heterocycles. The van der Waals surface area contributed by atoms with Gasteiger partial charge in [0.25, 0.3) is 5.91 Å². The van der Waals surface area contributed by atoms with Crippen molar-refractivity contribution in [3.8, 4) is 0 Å². The number of piperazine rings is 1. The van der Waals surface area contributed by atoms with Crippen LogP contribution in [0.25, 0.3) is 11.0 Å². The lowest BCUT2D eigenvalue weighted by atomic mass is 10.2. The van der Waals surface area contributed by atoms with Crippen LogP contribution in [0.3, 0.4) is 0 Å². The number of hydrogen-bond donors (Lipinski definition) is 0. The number of aromatic nitrogens is 3. The number of nitro groups is 1. The van der Waals surface area contributed by atoms with Crippen molar-refractivity contribution in [1.29, 1.82) is 0 Å². The molecule has 3 heterocycles. The Morgan fingerprint density at radius 1 is 1.07 bits per heavy atom. The van der Waals surface area contributed by atoms with Crippen LogP contribution in [0.1, 0.15) is 9.67 Å². The molecule has 0 radical (unpaired) electrons. The first-order valence-corrected chi connectivity index (χ1v) is 9.44. The second-order valence-corrected chi connectivity index (χ2v) is 7.37. The minimum absolute atomic E-state index is 0.0581. The lowest BCUT2D eigenvalue weighted by Crippen LogP contribution is -2.51. The number of fused-ring (bicyclic) bond motifs is 1. The van der Waals surface area contributed by atoms with Crippen LogP contribution in [-0.2, 0) is 11.3 Å². The Labute approximate surface area is 163 Å². The van der Waals surface area contributed by atoms with Gasteiger partial charge in [0.05, 0.1) is 15.3 Å². The molecule has 0 N–H and O–H groups in total. The van der Waals surface area contributed by atoms with Gasteiger partial charge >= 0.3 is 5.00 Å². The molecule has 11 heteroatoms. The fraction of sp³-hybridized carbons (Fsp3) is 0.294. The van der Waals surface area contributed by atoms with Crippen molar-refractivity contribution in [2.45, 2.75) is 6.54 Å². The molecule has 1 aliphatic heterocycles. The molecule has 0 unspecified atom stereocenters. The van der Waals surface area contributed by atoms with Gasteiger partial charge in [-0.1, -0.05) is 28.7 Å². The smallest absolute Gasteiger partial charge is 0.324 e. The summed E-state index contributed by atoms with van der Waals surface area (Å²) in [5, 5.41) is 18.8. The number of hydrogen-bond acceptors (Lipinski definition) is 7. The van der Waals surface area contributed by atoms with Gasteiger partial charge < -0.3 is 9.80 Å². The van der Waals surface area contributed by atoms with E-state index in [1.54, 1.807) is 14.5 Å². The molecule has 0 aliphatic carbocycles. The highest BCUT2D eigenvalue weighted by Gasteiger charge is 2.27. The van der Waals surface area contributed by atoms with Crippen LogP contribution in [0.2, 0.25) is 0 Å². The van der Waals surface area contributed by atoms with Gasteiger partial charge in [-0.05, 0) is 18.2 Å². The van der Waals surface area contributed by atoms with Gasteiger partial charge in [-0.2, -0.15) is 0 Å².